The molecule has 0 saturated heterocycles. The molecule has 0 spiro atoms. The van der Waals surface area contributed by atoms with Gasteiger partial charge in [0.1, 0.15) is 0 Å². The first kappa shape index (κ1) is 18.5. The quantitative estimate of drug-likeness (QED) is 0.704. The summed E-state index contributed by atoms with van der Waals surface area (Å²) in [5.74, 6) is -1.47. The van der Waals surface area contributed by atoms with Gasteiger partial charge in [0.15, 0.2) is 11.6 Å². The van der Waals surface area contributed by atoms with Crippen LogP contribution in [0.1, 0.15) is 44.1 Å². The number of phenols is 1. The molecule has 0 atom stereocenters. The summed E-state index contributed by atoms with van der Waals surface area (Å²) in [6.45, 7) is 2.29. The molecule has 1 radical (unpaired) electrons. The third kappa shape index (κ3) is 4.00. The van der Waals surface area contributed by atoms with Gasteiger partial charge in [-0.05, 0) is 47.9 Å². The van der Waals surface area contributed by atoms with Crippen molar-refractivity contribution in [2.75, 3.05) is 0 Å². The molecular weight excluding hydrogens is 371 g/mol. The molecule has 0 aliphatic heterocycles. The van der Waals surface area contributed by atoms with Crippen molar-refractivity contribution in [2.45, 2.75) is 38.5 Å². The van der Waals surface area contributed by atoms with Crippen molar-refractivity contribution in [3.8, 4) is 16.9 Å². The summed E-state index contributed by atoms with van der Waals surface area (Å²) in [6.07, 6.45) is 4.90. The van der Waals surface area contributed by atoms with Crippen LogP contribution in [0.4, 0.5) is 8.78 Å². The first-order valence-corrected chi connectivity index (χ1v) is 7.83. The van der Waals surface area contributed by atoms with E-state index in [2.05, 4.69) is 6.92 Å². The van der Waals surface area contributed by atoms with Crippen molar-refractivity contribution in [2.24, 2.45) is 5.92 Å². The van der Waals surface area contributed by atoms with Gasteiger partial charge in [-0.15, -0.1) is 0 Å². The van der Waals surface area contributed by atoms with Crippen molar-refractivity contribution in [3.63, 3.8) is 0 Å². The summed E-state index contributed by atoms with van der Waals surface area (Å²) in [4.78, 5) is 0. The Morgan fingerprint density at radius 3 is 2.09 bits per heavy atom. The minimum absolute atomic E-state index is 0. The summed E-state index contributed by atoms with van der Waals surface area (Å²) in [5, 5.41) is 9.19. The molecular formula is C19H20F2OY. The molecule has 1 saturated carbocycles. The predicted octanol–water partition coefficient (Wildman–Crippen LogP) is 5.63. The molecule has 1 aliphatic rings. The van der Waals surface area contributed by atoms with Crippen molar-refractivity contribution in [1.29, 1.82) is 0 Å². The number of halogens is 2. The van der Waals surface area contributed by atoms with E-state index in [1.165, 1.54) is 43.4 Å². The van der Waals surface area contributed by atoms with Gasteiger partial charge in [0.25, 0.3) is 0 Å². The van der Waals surface area contributed by atoms with Gasteiger partial charge < -0.3 is 5.11 Å². The number of phenolic OH excluding ortho intramolecular Hbond substituents is 1. The molecule has 1 nitrogen and oxygen atoms in total. The predicted molar refractivity (Wildman–Crippen MR) is 83.8 cm³/mol. The fourth-order valence-corrected chi connectivity index (χ4v) is 3.29. The van der Waals surface area contributed by atoms with Gasteiger partial charge in [0.05, 0.1) is 0 Å². The van der Waals surface area contributed by atoms with Gasteiger partial charge >= 0.3 is 0 Å². The van der Waals surface area contributed by atoms with Gasteiger partial charge in [-0.25, -0.2) is 4.39 Å². The van der Waals surface area contributed by atoms with Gasteiger partial charge in [0.2, 0.25) is 5.82 Å². The molecule has 0 heterocycles. The zero-order chi connectivity index (χ0) is 15.7. The molecule has 1 fully saturated rings. The van der Waals surface area contributed by atoms with E-state index in [1.807, 2.05) is 24.3 Å². The molecule has 2 aromatic rings. The van der Waals surface area contributed by atoms with Crippen LogP contribution < -0.4 is 0 Å². The Morgan fingerprint density at radius 1 is 0.870 bits per heavy atom. The normalized spacial score (nSPS) is 20.8. The van der Waals surface area contributed by atoms with Crippen LogP contribution in [0.3, 0.4) is 0 Å². The second-order valence-electron chi connectivity index (χ2n) is 6.34. The van der Waals surface area contributed by atoms with Crippen molar-refractivity contribution < 1.29 is 46.6 Å². The van der Waals surface area contributed by atoms with Crippen LogP contribution in [0, 0.1) is 17.6 Å². The number of hydrogen-bond donors (Lipinski definition) is 1. The van der Waals surface area contributed by atoms with Crippen LogP contribution in [0.15, 0.2) is 36.4 Å². The first-order chi connectivity index (χ1) is 10.6. The first-order valence-electron chi connectivity index (χ1n) is 7.83. The maximum absolute atomic E-state index is 13.9. The maximum atomic E-state index is 13.9. The van der Waals surface area contributed by atoms with E-state index in [-0.39, 0.29) is 38.3 Å². The second kappa shape index (κ2) is 7.85. The number of benzene rings is 2. The number of rotatable bonds is 2. The minimum Gasteiger partial charge on any atom is -0.505 e. The smallest absolute Gasteiger partial charge is 0.200 e. The molecule has 119 valence electrons. The Balaban J connectivity index is 0.00000192. The van der Waals surface area contributed by atoms with E-state index in [4.69, 9.17) is 0 Å². The van der Waals surface area contributed by atoms with Crippen LogP contribution in [-0.4, -0.2) is 5.11 Å². The molecule has 2 aromatic carbocycles. The fourth-order valence-electron chi connectivity index (χ4n) is 3.29. The largest absolute Gasteiger partial charge is 0.505 e. The van der Waals surface area contributed by atoms with Crippen LogP contribution >= 0.6 is 0 Å². The summed E-state index contributed by atoms with van der Waals surface area (Å²) in [5.41, 5.74) is 2.08. The Labute approximate surface area is 161 Å². The fraction of sp³-hybridized carbons (Fsp3) is 0.368. The van der Waals surface area contributed by atoms with Crippen LogP contribution in [0.2, 0.25) is 0 Å². The minimum atomic E-state index is -1.19. The van der Waals surface area contributed by atoms with Crippen molar-refractivity contribution >= 4 is 0 Å². The van der Waals surface area contributed by atoms with Gasteiger partial charge in [0, 0.05) is 38.3 Å². The topological polar surface area (TPSA) is 20.2 Å². The molecule has 4 heteroatoms. The SMILES string of the molecule is CC1CCC(c2ccc(-c3ccc(O)c(F)c3F)cc2)CC1.[Y]. The summed E-state index contributed by atoms with van der Waals surface area (Å²) >= 11 is 0. The van der Waals surface area contributed by atoms with E-state index in [1.54, 1.807) is 0 Å². The number of hydrogen-bond acceptors (Lipinski definition) is 1. The Kier molecular flexibility index (Phi) is 6.33. The average Bonchev–Trinajstić information content (AvgIpc) is 2.54. The van der Waals surface area contributed by atoms with Crippen LogP contribution in [0.5, 0.6) is 5.75 Å². The molecule has 1 aliphatic carbocycles. The maximum Gasteiger partial charge on any atom is 0.200 e. The Hall–Kier alpha value is -0.796. The summed E-state index contributed by atoms with van der Waals surface area (Å²) < 4.78 is 27.4. The van der Waals surface area contributed by atoms with E-state index < -0.39 is 17.4 Å². The van der Waals surface area contributed by atoms with E-state index in [9.17, 15) is 13.9 Å². The van der Waals surface area contributed by atoms with Crippen LogP contribution in [0.25, 0.3) is 11.1 Å². The zero-order valence-electron chi connectivity index (χ0n) is 13.2. The zero-order valence-corrected chi connectivity index (χ0v) is 16.1. The van der Waals surface area contributed by atoms with E-state index in [0.29, 0.717) is 11.5 Å². The molecule has 0 unspecified atom stereocenters. The molecule has 0 aromatic heterocycles. The van der Waals surface area contributed by atoms with Crippen molar-refractivity contribution in [3.05, 3.63) is 53.6 Å². The Morgan fingerprint density at radius 2 is 1.48 bits per heavy atom. The second-order valence-corrected chi connectivity index (χ2v) is 6.34. The average molecular weight is 391 g/mol. The van der Waals surface area contributed by atoms with E-state index in [0.717, 1.165) is 5.92 Å². The van der Waals surface area contributed by atoms with Crippen LogP contribution in [-0.2, 0) is 32.7 Å². The standard InChI is InChI=1S/C19H20F2O.Y/c1-12-2-4-13(5-3-12)14-6-8-15(9-7-14)16-10-11-17(22)19(21)18(16)20;/h6-13,22H,2-5H2,1H3;. The molecule has 1 N–H and O–H groups in total. The summed E-state index contributed by atoms with van der Waals surface area (Å²) in [6, 6.07) is 10.3. The number of aromatic hydroxyl groups is 1. The monoisotopic (exact) mass is 391 g/mol. The third-order valence-electron chi connectivity index (χ3n) is 4.77. The van der Waals surface area contributed by atoms with Gasteiger partial charge in [-0.3, -0.25) is 0 Å². The van der Waals surface area contributed by atoms with Crippen molar-refractivity contribution in [1.82, 2.24) is 0 Å². The Bertz CT molecular complexity index is 662. The van der Waals surface area contributed by atoms with Gasteiger partial charge in [-0.1, -0.05) is 44.0 Å². The molecule has 0 bridgehead atoms. The summed E-state index contributed by atoms with van der Waals surface area (Å²) in [7, 11) is 0. The van der Waals surface area contributed by atoms with Gasteiger partial charge in [-0.2, -0.15) is 4.39 Å². The molecule has 3 rings (SSSR count). The third-order valence-corrected chi connectivity index (χ3v) is 4.77. The molecule has 23 heavy (non-hydrogen) atoms. The van der Waals surface area contributed by atoms with E-state index >= 15 is 0 Å². The molecule has 0 amide bonds.